The molecule has 2 amide bonds. The standard InChI is InChI=1S/C13H17N3O2/c1-14-6-5-12(17)15-10-3-4-11-9(7-10)8-13(18)16(11)2/h3-4,7,14H,5-6,8H2,1-2H3,(H,15,17). The molecule has 96 valence electrons. The second-order valence-corrected chi connectivity index (χ2v) is 4.37. The van der Waals surface area contributed by atoms with Gasteiger partial charge in [0.1, 0.15) is 0 Å². The molecule has 1 aliphatic rings. The number of nitrogens with zero attached hydrogens (tertiary/aromatic N) is 1. The van der Waals surface area contributed by atoms with Gasteiger partial charge >= 0.3 is 0 Å². The predicted molar refractivity (Wildman–Crippen MR) is 70.7 cm³/mol. The highest BCUT2D eigenvalue weighted by Crippen LogP contribution is 2.29. The Balaban J connectivity index is 2.07. The maximum absolute atomic E-state index is 11.6. The van der Waals surface area contributed by atoms with E-state index in [1.807, 2.05) is 25.2 Å². The van der Waals surface area contributed by atoms with Crippen LogP contribution in [-0.4, -0.2) is 32.5 Å². The summed E-state index contributed by atoms with van der Waals surface area (Å²) in [6, 6.07) is 5.56. The number of hydrogen-bond donors (Lipinski definition) is 2. The van der Waals surface area contributed by atoms with E-state index < -0.39 is 0 Å². The average molecular weight is 247 g/mol. The van der Waals surface area contributed by atoms with Crippen molar-refractivity contribution in [3.8, 4) is 0 Å². The molecule has 0 unspecified atom stereocenters. The number of benzene rings is 1. The maximum Gasteiger partial charge on any atom is 0.231 e. The summed E-state index contributed by atoms with van der Waals surface area (Å²) in [5, 5.41) is 5.75. The van der Waals surface area contributed by atoms with Gasteiger partial charge in [0.2, 0.25) is 11.8 Å². The largest absolute Gasteiger partial charge is 0.326 e. The minimum atomic E-state index is -0.0259. The lowest BCUT2D eigenvalue weighted by molar-refractivity contribution is -0.117. The Morgan fingerprint density at radius 2 is 2.22 bits per heavy atom. The van der Waals surface area contributed by atoms with Crippen molar-refractivity contribution in [1.82, 2.24) is 5.32 Å². The normalized spacial score (nSPS) is 13.7. The zero-order valence-electron chi connectivity index (χ0n) is 10.6. The molecular formula is C13H17N3O2. The molecule has 5 heteroatoms. The smallest absolute Gasteiger partial charge is 0.231 e. The van der Waals surface area contributed by atoms with Gasteiger partial charge in [0, 0.05) is 31.4 Å². The van der Waals surface area contributed by atoms with E-state index in [2.05, 4.69) is 10.6 Å². The highest BCUT2D eigenvalue weighted by Gasteiger charge is 2.23. The summed E-state index contributed by atoms with van der Waals surface area (Å²) in [6.07, 6.45) is 0.846. The fraction of sp³-hybridized carbons (Fsp3) is 0.385. The SMILES string of the molecule is CNCCC(=O)Nc1ccc2c(c1)CC(=O)N2C. The van der Waals surface area contributed by atoms with Crippen molar-refractivity contribution >= 4 is 23.2 Å². The van der Waals surface area contributed by atoms with Crippen LogP contribution in [0.1, 0.15) is 12.0 Å². The molecule has 0 saturated carbocycles. The number of anilines is 2. The van der Waals surface area contributed by atoms with Crippen molar-refractivity contribution in [2.75, 3.05) is 30.9 Å². The molecular weight excluding hydrogens is 230 g/mol. The van der Waals surface area contributed by atoms with Gasteiger partial charge in [0.25, 0.3) is 0 Å². The summed E-state index contributed by atoms with van der Waals surface area (Å²) in [6.45, 7) is 0.651. The van der Waals surface area contributed by atoms with E-state index in [0.717, 1.165) is 16.9 Å². The van der Waals surface area contributed by atoms with Crippen molar-refractivity contribution in [1.29, 1.82) is 0 Å². The first-order valence-electron chi connectivity index (χ1n) is 5.95. The van der Waals surface area contributed by atoms with Gasteiger partial charge < -0.3 is 15.5 Å². The summed E-state index contributed by atoms with van der Waals surface area (Å²) >= 11 is 0. The molecule has 0 aliphatic carbocycles. The minimum absolute atomic E-state index is 0.0259. The van der Waals surface area contributed by atoms with E-state index in [9.17, 15) is 9.59 Å². The molecule has 18 heavy (non-hydrogen) atoms. The number of carbonyl (C=O) groups excluding carboxylic acids is 2. The van der Waals surface area contributed by atoms with Crippen LogP contribution >= 0.6 is 0 Å². The first-order chi connectivity index (χ1) is 8.61. The number of carbonyl (C=O) groups is 2. The lowest BCUT2D eigenvalue weighted by Crippen LogP contribution is -2.20. The van der Waals surface area contributed by atoms with E-state index in [0.29, 0.717) is 19.4 Å². The van der Waals surface area contributed by atoms with Crippen LogP contribution in [0.4, 0.5) is 11.4 Å². The molecule has 0 aromatic heterocycles. The highest BCUT2D eigenvalue weighted by atomic mass is 16.2. The van der Waals surface area contributed by atoms with Crippen LogP contribution in [0.3, 0.4) is 0 Å². The van der Waals surface area contributed by atoms with Gasteiger partial charge in [-0.05, 0) is 30.8 Å². The van der Waals surface area contributed by atoms with Gasteiger partial charge in [-0.3, -0.25) is 9.59 Å². The van der Waals surface area contributed by atoms with E-state index in [4.69, 9.17) is 0 Å². The Morgan fingerprint density at radius 1 is 1.44 bits per heavy atom. The van der Waals surface area contributed by atoms with Crippen LogP contribution < -0.4 is 15.5 Å². The zero-order valence-corrected chi connectivity index (χ0v) is 10.6. The van der Waals surface area contributed by atoms with Gasteiger partial charge in [-0.2, -0.15) is 0 Å². The molecule has 0 radical (unpaired) electrons. The molecule has 2 rings (SSSR count). The van der Waals surface area contributed by atoms with Gasteiger partial charge in [0.05, 0.1) is 6.42 Å². The van der Waals surface area contributed by atoms with Crippen molar-refractivity contribution in [3.63, 3.8) is 0 Å². The fourth-order valence-electron chi connectivity index (χ4n) is 2.01. The second kappa shape index (κ2) is 5.18. The van der Waals surface area contributed by atoms with Gasteiger partial charge in [0.15, 0.2) is 0 Å². The van der Waals surface area contributed by atoms with E-state index in [1.54, 1.807) is 11.9 Å². The Morgan fingerprint density at radius 3 is 2.94 bits per heavy atom. The third-order valence-corrected chi connectivity index (χ3v) is 3.04. The summed E-state index contributed by atoms with van der Waals surface area (Å²) in [7, 11) is 3.57. The van der Waals surface area contributed by atoms with Crippen molar-refractivity contribution in [3.05, 3.63) is 23.8 Å². The Hall–Kier alpha value is -1.88. The fourth-order valence-corrected chi connectivity index (χ4v) is 2.01. The van der Waals surface area contributed by atoms with Crippen LogP contribution in [0.5, 0.6) is 0 Å². The molecule has 2 N–H and O–H groups in total. The monoisotopic (exact) mass is 247 g/mol. The van der Waals surface area contributed by atoms with E-state index in [1.165, 1.54) is 0 Å². The Labute approximate surface area is 106 Å². The molecule has 0 bridgehead atoms. The van der Waals surface area contributed by atoms with Crippen molar-refractivity contribution in [2.24, 2.45) is 0 Å². The molecule has 0 atom stereocenters. The third-order valence-electron chi connectivity index (χ3n) is 3.04. The molecule has 0 fully saturated rings. The van der Waals surface area contributed by atoms with Gasteiger partial charge in [-0.25, -0.2) is 0 Å². The third kappa shape index (κ3) is 2.51. The van der Waals surface area contributed by atoms with Gasteiger partial charge in [-0.1, -0.05) is 0 Å². The van der Waals surface area contributed by atoms with Crippen LogP contribution in [0.25, 0.3) is 0 Å². The number of rotatable bonds is 4. The van der Waals surface area contributed by atoms with Crippen molar-refractivity contribution in [2.45, 2.75) is 12.8 Å². The number of hydrogen-bond acceptors (Lipinski definition) is 3. The van der Waals surface area contributed by atoms with E-state index >= 15 is 0 Å². The molecule has 1 aromatic rings. The number of amides is 2. The molecule has 5 nitrogen and oxygen atoms in total. The van der Waals surface area contributed by atoms with Crippen molar-refractivity contribution < 1.29 is 9.59 Å². The summed E-state index contributed by atoms with van der Waals surface area (Å²) in [5.74, 6) is 0.0608. The van der Waals surface area contributed by atoms with Gasteiger partial charge in [-0.15, -0.1) is 0 Å². The highest BCUT2D eigenvalue weighted by molar-refractivity contribution is 6.02. The number of fused-ring (bicyclic) bond motifs is 1. The average Bonchev–Trinajstić information content (AvgIpc) is 2.62. The summed E-state index contributed by atoms with van der Waals surface area (Å²) < 4.78 is 0. The molecule has 1 aromatic carbocycles. The Kier molecular flexibility index (Phi) is 3.62. The zero-order chi connectivity index (χ0) is 13.1. The molecule has 1 heterocycles. The van der Waals surface area contributed by atoms with Crippen LogP contribution in [-0.2, 0) is 16.0 Å². The predicted octanol–water partition coefficient (Wildman–Crippen LogP) is 0.753. The quantitative estimate of drug-likeness (QED) is 0.825. The molecule has 0 saturated heterocycles. The summed E-state index contributed by atoms with van der Waals surface area (Å²) in [5.41, 5.74) is 2.64. The minimum Gasteiger partial charge on any atom is -0.326 e. The maximum atomic E-state index is 11.6. The molecule has 1 aliphatic heterocycles. The number of nitrogens with one attached hydrogen (secondary N) is 2. The molecule has 0 spiro atoms. The number of likely N-dealkylation sites (N-methyl/N-ethyl adjacent to an activating group) is 1. The first-order valence-corrected chi connectivity index (χ1v) is 5.95. The summed E-state index contributed by atoms with van der Waals surface area (Å²) in [4.78, 5) is 24.7. The topological polar surface area (TPSA) is 61.4 Å². The second-order valence-electron chi connectivity index (χ2n) is 4.37. The lowest BCUT2D eigenvalue weighted by Gasteiger charge is -2.11. The lowest BCUT2D eigenvalue weighted by atomic mass is 10.1. The van der Waals surface area contributed by atoms with Crippen LogP contribution in [0.15, 0.2) is 18.2 Å². The van der Waals surface area contributed by atoms with Crippen LogP contribution in [0, 0.1) is 0 Å². The first kappa shape index (κ1) is 12.6. The van der Waals surface area contributed by atoms with Crippen LogP contribution in [0.2, 0.25) is 0 Å². The van der Waals surface area contributed by atoms with E-state index in [-0.39, 0.29) is 11.8 Å². The Bertz CT molecular complexity index is 485.